The maximum absolute atomic E-state index is 12.7. The van der Waals surface area contributed by atoms with Gasteiger partial charge in [-0.1, -0.05) is 30.3 Å². The molecule has 6 heteroatoms. The minimum absolute atomic E-state index is 0.279. The highest BCUT2D eigenvalue weighted by molar-refractivity contribution is 6.07. The lowest BCUT2D eigenvalue weighted by atomic mass is 10.1. The van der Waals surface area contributed by atoms with Gasteiger partial charge in [0.05, 0.1) is 18.4 Å². The minimum Gasteiger partial charge on any atom is -0.465 e. The molecule has 0 saturated heterocycles. The van der Waals surface area contributed by atoms with Gasteiger partial charge >= 0.3 is 5.97 Å². The molecular weight excluding hydrogens is 354 g/mol. The normalized spacial score (nSPS) is 12.4. The van der Waals surface area contributed by atoms with Crippen LogP contribution in [0.2, 0.25) is 0 Å². The summed E-state index contributed by atoms with van der Waals surface area (Å²) < 4.78 is 4.77. The lowest BCUT2D eigenvalue weighted by Crippen LogP contribution is -2.18. The van der Waals surface area contributed by atoms with E-state index in [0.717, 1.165) is 24.3 Å². The Bertz CT molecular complexity index is 1050. The number of amides is 1. The lowest BCUT2D eigenvalue weighted by Gasteiger charge is -2.20. The quantitative estimate of drug-likeness (QED) is 0.704. The van der Waals surface area contributed by atoms with E-state index < -0.39 is 5.97 Å². The summed E-state index contributed by atoms with van der Waals surface area (Å²) >= 11 is 0. The molecule has 0 spiro atoms. The summed E-state index contributed by atoms with van der Waals surface area (Å²) in [5.41, 5.74) is 4.31. The summed E-state index contributed by atoms with van der Waals surface area (Å²) in [6.45, 7) is 0.857. The molecule has 0 unspecified atom stereocenters. The van der Waals surface area contributed by atoms with Crippen LogP contribution in [-0.4, -0.2) is 30.5 Å². The molecule has 0 bridgehead atoms. The van der Waals surface area contributed by atoms with Gasteiger partial charge in [-0.25, -0.2) is 4.79 Å². The van der Waals surface area contributed by atoms with Crippen LogP contribution in [0, 0.1) is 0 Å². The second-order valence-electron chi connectivity index (χ2n) is 6.42. The fourth-order valence-electron chi connectivity index (χ4n) is 3.38. The van der Waals surface area contributed by atoms with Crippen LogP contribution in [0.5, 0.6) is 0 Å². The highest BCUT2D eigenvalue weighted by Gasteiger charge is 2.21. The Morgan fingerprint density at radius 1 is 1.07 bits per heavy atom. The molecule has 2 aromatic carbocycles. The third kappa shape index (κ3) is 3.32. The van der Waals surface area contributed by atoms with Gasteiger partial charge in [-0.2, -0.15) is 0 Å². The van der Waals surface area contributed by atoms with Gasteiger partial charge < -0.3 is 15.0 Å². The summed E-state index contributed by atoms with van der Waals surface area (Å²) in [7, 11) is 1.31. The van der Waals surface area contributed by atoms with E-state index in [9.17, 15) is 9.59 Å². The molecule has 4 rings (SSSR count). The Labute approximate surface area is 162 Å². The zero-order valence-corrected chi connectivity index (χ0v) is 15.4. The first-order valence-corrected chi connectivity index (χ1v) is 8.97. The van der Waals surface area contributed by atoms with E-state index in [1.54, 1.807) is 36.5 Å². The van der Waals surface area contributed by atoms with Gasteiger partial charge in [-0.3, -0.25) is 9.78 Å². The first-order chi connectivity index (χ1) is 13.7. The second kappa shape index (κ2) is 7.52. The monoisotopic (exact) mass is 373 g/mol. The van der Waals surface area contributed by atoms with E-state index in [2.05, 4.69) is 27.3 Å². The van der Waals surface area contributed by atoms with Gasteiger partial charge in [0.25, 0.3) is 5.91 Å². The van der Waals surface area contributed by atoms with Crippen molar-refractivity contribution in [3.63, 3.8) is 0 Å². The molecule has 1 aromatic heterocycles. The van der Waals surface area contributed by atoms with E-state index in [1.165, 1.54) is 12.7 Å². The van der Waals surface area contributed by atoms with Gasteiger partial charge in [-0.15, -0.1) is 0 Å². The fraction of sp³-hybridized carbons (Fsp3) is 0.136. The number of hydrogen-bond acceptors (Lipinski definition) is 5. The number of nitrogens with zero attached hydrogens (tertiary/aromatic N) is 2. The SMILES string of the molecule is COC(=O)c1ccccc1NC(=O)c1cc(N2CCc3ccccc32)ccn1. The number of anilines is 3. The first-order valence-electron chi connectivity index (χ1n) is 8.97. The Morgan fingerprint density at radius 3 is 2.71 bits per heavy atom. The summed E-state index contributed by atoms with van der Waals surface area (Å²) in [5.74, 6) is -0.892. The molecular formula is C22H19N3O3. The number of pyridine rings is 1. The average Bonchev–Trinajstić information content (AvgIpc) is 3.18. The van der Waals surface area contributed by atoms with Crippen LogP contribution in [-0.2, 0) is 11.2 Å². The van der Waals surface area contributed by atoms with Crippen LogP contribution in [0.4, 0.5) is 17.1 Å². The maximum atomic E-state index is 12.7. The molecule has 0 fully saturated rings. The number of aromatic nitrogens is 1. The van der Waals surface area contributed by atoms with Crippen molar-refractivity contribution >= 4 is 28.9 Å². The van der Waals surface area contributed by atoms with Gasteiger partial charge in [0.2, 0.25) is 0 Å². The summed E-state index contributed by atoms with van der Waals surface area (Å²) in [6.07, 6.45) is 2.59. The fourth-order valence-corrected chi connectivity index (χ4v) is 3.38. The van der Waals surface area contributed by atoms with Crippen molar-refractivity contribution in [2.45, 2.75) is 6.42 Å². The molecule has 0 atom stereocenters. The molecule has 2 heterocycles. The Kier molecular flexibility index (Phi) is 4.76. The van der Waals surface area contributed by atoms with Crippen molar-refractivity contribution < 1.29 is 14.3 Å². The minimum atomic E-state index is -0.508. The van der Waals surface area contributed by atoms with Crippen molar-refractivity contribution in [1.29, 1.82) is 0 Å². The van der Waals surface area contributed by atoms with Crippen LogP contribution in [0.1, 0.15) is 26.4 Å². The average molecular weight is 373 g/mol. The lowest BCUT2D eigenvalue weighted by molar-refractivity contribution is 0.0602. The molecule has 6 nitrogen and oxygen atoms in total. The van der Waals surface area contributed by atoms with Crippen molar-refractivity contribution in [2.24, 2.45) is 0 Å². The third-order valence-electron chi connectivity index (χ3n) is 4.76. The van der Waals surface area contributed by atoms with Crippen LogP contribution >= 0.6 is 0 Å². The molecule has 0 aliphatic carbocycles. The van der Waals surface area contributed by atoms with E-state index in [1.807, 2.05) is 18.2 Å². The number of methoxy groups -OCH3 is 1. The van der Waals surface area contributed by atoms with Gasteiger partial charge in [-0.05, 0) is 42.3 Å². The van der Waals surface area contributed by atoms with Crippen molar-refractivity contribution in [3.8, 4) is 0 Å². The summed E-state index contributed by atoms with van der Waals surface area (Å²) in [5, 5.41) is 2.76. The van der Waals surface area contributed by atoms with Crippen LogP contribution in [0.3, 0.4) is 0 Å². The Hall–Kier alpha value is -3.67. The number of fused-ring (bicyclic) bond motifs is 1. The number of rotatable bonds is 4. The second-order valence-corrected chi connectivity index (χ2v) is 6.42. The highest BCUT2D eigenvalue weighted by Crippen LogP contribution is 2.34. The summed E-state index contributed by atoms with van der Waals surface area (Å²) in [4.78, 5) is 31.0. The number of ether oxygens (including phenoxy) is 1. The largest absolute Gasteiger partial charge is 0.465 e. The molecule has 1 N–H and O–H groups in total. The van der Waals surface area contributed by atoms with Gasteiger partial charge in [0.15, 0.2) is 0 Å². The van der Waals surface area contributed by atoms with Crippen molar-refractivity contribution in [1.82, 2.24) is 4.98 Å². The number of carbonyl (C=O) groups excluding carboxylic acids is 2. The standard InChI is InChI=1S/C22H19N3O3/c1-28-22(27)17-7-3-4-8-18(17)24-21(26)19-14-16(10-12-23-19)25-13-11-15-6-2-5-9-20(15)25/h2-10,12,14H,11,13H2,1H3,(H,24,26). The number of hydrogen-bond donors (Lipinski definition) is 1. The molecule has 0 radical (unpaired) electrons. The zero-order chi connectivity index (χ0) is 19.5. The molecule has 1 aliphatic heterocycles. The molecule has 28 heavy (non-hydrogen) atoms. The topological polar surface area (TPSA) is 71.5 Å². The van der Waals surface area contributed by atoms with Crippen LogP contribution in [0.25, 0.3) is 0 Å². The number of para-hydroxylation sites is 2. The van der Waals surface area contributed by atoms with Gasteiger partial charge in [0, 0.05) is 24.1 Å². The first kappa shape index (κ1) is 17.7. The van der Waals surface area contributed by atoms with Crippen LogP contribution in [0.15, 0.2) is 66.9 Å². The van der Waals surface area contributed by atoms with E-state index in [0.29, 0.717) is 11.3 Å². The van der Waals surface area contributed by atoms with Gasteiger partial charge in [0.1, 0.15) is 5.69 Å². The molecule has 0 saturated carbocycles. The van der Waals surface area contributed by atoms with Crippen molar-refractivity contribution in [2.75, 3.05) is 23.9 Å². The Morgan fingerprint density at radius 2 is 1.86 bits per heavy atom. The number of benzene rings is 2. The number of esters is 1. The third-order valence-corrected chi connectivity index (χ3v) is 4.76. The highest BCUT2D eigenvalue weighted by atomic mass is 16.5. The molecule has 1 amide bonds. The van der Waals surface area contributed by atoms with E-state index in [4.69, 9.17) is 4.74 Å². The molecule has 1 aliphatic rings. The zero-order valence-electron chi connectivity index (χ0n) is 15.4. The number of carbonyl (C=O) groups is 2. The number of nitrogens with one attached hydrogen (secondary N) is 1. The van der Waals surface area contributed by atoms with E-state index in [-0.39, 0.29) is 11.6 Å². The Balaban J connectivity index is 1.59. The smallest absolute Gasteiger partial charge is 0.339 e. The van der Waals surface area contributed by atoms with Crippen LogP contribution < -0.4 is 10.2 Å². The maximum Gasteiger partial charge on any atom is 0.339 e. The van der Waals surface area contributed by atoms with Crippen molar-refractivity contribution in [3.05, 3.63) is 83.7 Å². The molecule has 140 valence electrons. The van der Waals surface area contributed by atoms with E-state index >= 15 is 0 Å². The predicted molar refractivity (Wildman–Crippen MR) is 107 cm³/mol. The summed E-state index contributed by atoms with van der Waals surface area (Å²) in [6, 6.07) is 18.6. The predicted octanol–water partition coefficient (Wildman–Crippen LogP) is 3.81. The molecule has 3 aromatic rings.